The van der Waals surface area contributed by atoms with E-state index in [-0.39, 0.29) is 6.04 Å². The predicted octanol–water partition coefficient (Wildman–Crippen LogP) is 0.735. The van der Waals surface area contributed by atoms with E-state index in [1.165, 1.54) is 0 Å². The van der Waals surface area contributed by atoms with Crippen LogP contribution in [0.15, 0.2) is 0 Å². The Morgan fingerprint density at radius 2 is 1.72 bits per heavy atom. The molecule has 0 aromatic rings. The fraction of sp³-hybridized carbons (Fsp3) is 0.833. The first kappa shape index (κ1) is 16.7. The standard InChI is InChI=1S/C12H25N3O3/c1-8(7-15(5)6)13-11(18)14-9(10(16)17)12(2,3)4/h8-9H,7H2,1-6H3,(H,16,17)(H2,13,14,18)/t8?,9-/m0/s1. The van der Waals surface area contributed by atoms with Crippen molar-refractivity contribution in [3.05, 3.63) is 0 Å². The molecule has 2 atom stereocenters. The van der Waals surface area contributed by atoms with Crippen LogP contribution in [0.5, 0.6) is 0 Å². The van der Waals surface area contributed by atoms with Crippen molar-refractivity contribution in [2.24, 2.45) is 5.41 Å². The van der Waals surface area contributed by atoms with E-state index in [1.54, 1.807) is 20.8 Å². The number of carbonyl (C=O) groups is 2. The van der Waals surface area contributed by atoms with Crippen molar-refractivity contribution in [2.75, 3.05) is 20.6 Å². The van der Waals surface area contributed by atoms with E-state index in [0.29, 0.717) is 6.54 Å². The Hall–Kier alpha value is -1.30. The van der Waals surface area contributed by atoms with Crippen molar-refractivity contribution in [2.45, 2.75) is 39.8 Å². The Labute approximate surface area is 109 Å². The lowest BCUT2D eigenvalue weighted by Crippen LogP contribution is -2.54. The Kier molecular flexibility index (Phi) is 6.11. The number of urea groups is 1. The molecule has 0 aromatic carbocycles. The highest BCUT2D eigenvalue weighted by atomic mass is 16.4. The van der Waals surface area contributed by atoms with Gasteiger partial charge in [-0.25, -0.2) is 9.59 Å². The molecule has 0 aliphatic rings. The molecular formula is C12H25N3O3. The third-order valence-corrected chi connectivity index (χ3v) is 2.40. The minimum absolute atomic E-state index is 0.0468. The normalized spacial score (nSPS) is 15.1. The van der Waals surface area contributed by atoms with Gasteiger partial charge in [-0.15, -0.1) is 0 Å². The second-order valence-corrected chi connectivity index (χ2v) is 5.92. The van der Waals surface area contributed by atoms with Crippen LogP contribution in [0.4, 0.5) is 4.79 Å². The van der Waals surface area contributed by atoms with Gasteiger partial charge < -0.3 is 20.6 Å². The van der Waals surface area contributed by atoms with Crippen LogP contribution < -0.4 is 10.6 Å². The number of carboxylic acids is 1. The number of nitrogens with zero attached hydrogens (tertiary/aromatic N) is 1. The maximum atomic E-state index is 11.7. The van der Waals surface area contributed by atoms with Gasteiger partial charge in [0.2, 0.25) is 0 Å². The third-order valence-electron chi connectivity index (χ3n) is 2.40. The molecular weight excluding hydrogens is 234 g/mol. The topological polar surface area (TPSA) is 81.7 Å². The second-order valence-electron chi connectivity index (χ2n) is 5.92. The largest absolute Gasteiger partial charge is 0.480 e. The molecule has 0 aliphatic heterocycles. The Morgan fingerprint density at radius 1 is 1.22 bits per heavy atom. The number of hydrogen-bond acceptors (Lipinski definition) is 3. The lowest BCUT2D eigenvalue weighted by atomic mass is 9.87. The summed E-state index contributed by atoms with van der Waals surface area (Å²) in [6, 6.07) is -1.41. The molecule has 0 radical (unpaired) electrons. The highest BCUT2D eigenvalue weighted by Crippen LogP contribution is 2.19. The zero-order valence-electron chi connectivity index (χ0n) is 12.1. The van der Waals surface area contributed by atoms with E-state index in [1.807, 2.05) is 25.9 Å². The average Bonchev–Trinajstić information content (AvgIpc) is 2.09. The molecule has 0 rings (SSSR count). The summed E-state index contributed by atoms with van der Waals surface area (Å²) in [7, 11) is 3.82. The van der Waals surface area contributed by atoms with Crippen LogP contribution in [0.2, 0.25) is 0 Å². The molecule has 1 unspecified atom stereocenters. The molecule has 0 aromatic heterocycles. The minimum Gasteiger partial charge on any atom is -0.480 e. The smallest absolute Gasteiger partial charge is 0.326 e. The van der Waals surface area contributed by atoms with Crippen LogP contribution in [0.3, 0.4) is 0 Å². The quantitative estimate of drug-likeness (QED) is 0.680. The number of nitrogens with one attached hydrogen (secondary N) is 2. The molecule has 0 heterocycles. The summed E-state index contributed by atoms with van der Waals surface area (Å²) >= 11 is 0. The summed E-state index contributed by atoms with van der Waals surface area (Å²) in [4.78, 5) is 24.7. The molecule has 0 bridgehead atoms. The van der Waals surface area contributed by atoms with E-state index in [4.69, 9.17) is 5.11 Å². The molecule has 3 N–H and O–H groups in total. The van der Waals surface area contributed by atoms with E-state index in [9.17, 15) is 9.59 Å². The first-order chi connectivity index (χ1) is 8.04. The maximum absolute atomic E-state index is 11.7. The van der Waals surface area contributed by atoms with Crippen molar-refractivity contribution < 1.29 is 14.7 Å². The number of aliphatic carboxylic acids is 1. The molecule has 0 saturated heterocycles. The first-order valence-corrected chi connectivity index (χ1v) is 5.98. The van der Waals surface area contributed by atoms with E-state index >= 15 is 0 Å². The summed E-state index contributed by atoms with van der Waals surface area (Å²) in [5, 5.41) is 14.3. The number of carboxylic acid groups (broad SMARTS) is 1. The van der Waals surface area contributed by atoms with Crippen LogP contribution in [-0.4, -0.2) is 54.7 Å². The Morgan fingerprint density at radius 3 is 2.06 bits per heavy atom. The monoisotopic (exact) mass is 259 g/mol. The van der Waals surface area contributed by atoms with Crippen molar-refractivity contribution in [3.63, 3.8) is 0 Å². The van der Waals surface area contributed by atoms with Gasteiger partial charge >= 0.3 is 12.0 Å². The zero-order valence-corrected chi connectivity index (χ0v) is 12.1. The van der Waals surface area contributed by atoms with Gasteiger partial charge in [0.15, 0.2) is 0 Å². The molecule has 6 nitrogen and oxygen atoms in total. The van der Waals surface area contributed by atoms with Crippen molar-refractivity contribution in [1.82, 2.24) is 15.5 Å². The van der Waals surface area contributed by atoms with Crippen LogP contribution in [0, 0.1) is 5.41 Å². The summed E-state index contributed by atoms with van der Waals surface area (Å²) < 4.78 is 0. The predicted molar refractivity (Wildman–Crippen MR) is 70.6 cm³/mol. The number of carbonyl (C=O) groups excluding carboxylic acids is 1. The van der Waals surface area contributed by atoms with Gasteiger partial charge in [-0.05, 0) is 26.4 Å². The summed E-state index contributed by atoms with van der Waals surface area (Å²) in [5.74, 6) is -1.03. The fourth-order valence-corrected chi connectivity index (χ4v) is 1.64. The lowest BCUT2D eigenvalue weighted by molar-refractivity contribution is -0.141. The van der Waals surface area contributed by atoms with E-state index in [2.05, 4.69) is 10.6 Å². The summed E-state index contributed by atoms with van der Waals surface area (Å²) in [6.45, 7) is 7.88. The number of hydrogen-bond donors (Lipinski definition) is 3. The molecule has 106 valence electrons. The SMILES string of the molecule is CC(CN(C)C)NC(=O)N[C@@H](C(=O)O)C(C)(C)C. The van der Waals surface area contributed by atoms with Crippen LogP contribution in [0.1, 0.15) is 27.7 Å². The highest BCUT2D eigenvalue weighted by Gasteiger charge is 2.32. The van der Waals surface area contributed by atoms with E-state index < -0.39 is 23.5 Å². The summed E-state index contributed by atoms with van der Waals surface area (Å²) in [5.41, 5.74) is -0.534. The van der Waals surface area contributed by atoms with Gasteiger partial charge in [0.05, 0.1) is 0 Å². The van der Waals surface area contributed by atoms with Crippen LogP contribution in [0.25, 0.3) is 0 Å². The van der Waals surface area contributed by atoms with Gasteiger partial charge in [-0.1, -0.05) is 20.8 Å². The van der Waals surface area contributed by atoms with Gasteiger partial charge in [-0.3, -0.25) is 0 Å². The molecule has 2 amide bonds. The fourth-order valence-electron chi connectivity index (χ4n) is 1.64. The highest BCUT2D eigenvalue weighted by molar-refractivity contribution is 5.83. The average molecular weight is 259 g/mol. The molecule has 0 spiro atoms. The second kappa shape index (κ2) is 6.58. The number of rotatable bonds is 5. The number of amides is 2. The van der Waals surface area contributed by atoms with Crippen LogP contribution in [-0.2, 0) is 4.79 Å². The van der Waals surface area contributed by atoms with Gasteiger partial charge in [0, 0.05) is 12.6 Å². The van der Waals surface area contributed by atoms with Crippen LogP contribution >= 0.6 is 0 Å². The lowest BCUT2D eigenvalue weighted by Gasteiger charge is -2.28. The Balaban J connectivity index is 4.41. The van der Waals surface area contributed by atoms with E-state index in [0.717, 1.165) is 0 Å². The van der Waals surface area contributed by atoms with Crippen molar-refractivity contribution >= 4 is 12.0 Å². The zero-order chi connectivity index (χ0) is 14.5. The third kappa shape index (κ3) is 6.44. The number of likely N-dealkylation sites (N-methyl/N-ethyl adjacent to an activating group) is 1. The first-order valence-electron chi connectivity index (χ1n) is 5.98. The molecule has 6 heteroatoms. The van der Waals surface area contributed by atoms with Gasteiger partial charge in [-0.2, -0.15) is 0 Å². The summed E-state index contributed by atoms with van der Waals surface area (Å²) in [6.07, 6.45) is 0. The van der Waals surface area contributed by atoms with Gasteiger partial charge in [0.25, 0.3) is 0 Å². The molecule has 0 aliphatic carbocycles. The molecule has 18 heavy (non-hydrogen) atoms. The Bertz CT molecular complexity index is 297. The van der Waals surface area contributed by atoms with Crippen molar-refractivity contribution in [1.29, 1.82) is 0 Å². The van der Waals surface area contributed by atoms with Crippen molar-refractivity contribution in [3.8, 4) is 0 Å². The minimum atomic E-state index is -1.03. The van der Waals surface area contributed by atoms with Gasteiger partial charge in [0.1, 0.15) is 6.04 Å². The molecule has 0 fully saturated rings. The molecule has 0 saturated carbocycles. The maximum Gasteiger partial charge on any atom is 0.326 e.